The minimum atomic E-state index is -0.182. The lowest BCUT2D eigenvalue weighted by atomic mass is 10.1. The fourth-order valence-electron chi connectivity index (χ4n) is 1.67. The van der Waals surface area contributed by atoms with Gasteiger partial charge in [-0.2, -0.15) is 4.99 Å². The number of carbonyl (C=O) groups is 1. The predicted octanol–water partition coefficient (Wildman–Crippen LogP) is 2.43. The summed E-state index contributed by atoms with van der Waals surface area (Å²) in [6.07, 6.45) is 0.375. The molecule has 2 rings (SSSR count). The monoisotopic (exact) mass is 244 g/mol. The first kappa shape index (κ1) is 12.4. The van der Waals surface area contributed by atoms with E-state index in [9.17, 15) is 4.79 Å². The maximum atomic E-state index is 11.4. The van der Waals surface area contributed by atoms with Gasteiger partial charge in [-0.3, -0.25) is 9.36 Å². The topological polar surface area (TPSA) is 47.5 Å². The molecule has 0 unspecified atom stereocenters. The maximum Gasteiger partial charge on any atom is 0.305 e. The van der Waals surface area contributed by atoms with E-state index in [1.165, 1.54) is 0 Å². The number of carbonyl (C=O) groups excluding carboxylic acids is 1. The van der Waals surface area contributed by atoms with Crippen molar-refractivity contribution in [1.82, 2.24) is 4.57 Å². The molecule has 0 saturated heterocycles. The molecule has 1 aromatic heterocycles. The van der Waals surface area contributed by atoms with Gasteiger partial charge in [-0.1, -0.05) is 37.3 Å². The molecule has 0 aliphatic carbocycles. The Hall–Kier alpha value is -2.10. The lowest BCUT2D eigenvalue weighted by Crippen LogP contribution is -2.15. The van der Waals surface area contributed by atoms with Crippen LogP contribution in [0.2, 0.25) is 0 Å². The molecule has 4 nitrogen and oxygen atoms in total. The smallest absolute Gasteiger partial charge is 0.305 e. The average molecular weight is 244 g/mol. The van der Waals surface area contributed by atoms with Gasteiger partial charge in [-0.15, -0.1) is 0 Å². The molecule has 0 saturated carbocycles. The fourth-order valence-corrected chi connectivity index (χ4v) is 1.67. The highest BCUT2D eigenvalue weighted by Gasteiger charge is 2.11. The van der Waals surface area contributed by atoms with E-state index < -0.39 is 0 Å². The Morgan fingerprint density at radius 3 is 2.61 bits per heavy atom. The van der Waals surface area contributed by atoms with Crippen molar-refractivity contribution < 1.29 is 9.21 Å². The van der Waals surface area contributed by atoms with Crippen LogP contribution in [0.25, 0.3) is 11.3 Å². The Kier molecular flexibility index (Phi) is 3.46. The molecule has 94 valence electrons. The van der Waals surface area contributed by atoms with Crippen molar-refractivity contribution in [2.24, 2.45) is 12.0 Å². The second kappa shape index (κ2) is 5.04. The van der Waals surface area contributed by atoms with Crippen LogP contribution < -0.4 is 5.68 Å². The van der Waals surface area contributed by atoms with E-state index in [-0.39, 0.29) is 5.91 Å². The van der Waals surface area contributed by atoms with Gasteiger partial charge >= 0.3 is 5.68 Å². The van der Waals surface area contributed by atoms with Crippen molar-refractivity contribution in [3.63, 3.8) is 0 Å². The van der Waals surface area contributed by atoms with Gasteiger partial charge in [0.1, 0.15) is 0 Å². The van der Waals surface area contributed by atoms with E-state index in [0.717, 1.165) is 17.0 Å². The highest BCUT2D eigenvalue weighted by molar-refractivity contribution is 5.76. The van der Waals surface area contributed by atoms with Gasteiger partial charge in [-0.05, 0) is 6.92 Å². The minimum absolute atomic E-state index is 0.182. The molecule has 0 N–H and O–H groups in total. The lowest BCUT2D eigenvalue weighted by Gasteiger charge is -1.97. The highest BCUT2D eigenvalue weighted by Crippen LogP contribution is 2.21. The van der Waals surface area contributed by atoms with Gasteiger partial charge in [-0.25, -0.2) is 0 Å². The van der Waals surface area contributed by atoms with Crippen molar-refractivity contribution in [3.05, 3.63) is 41.7 Å². The van der Waals surface area contributed by atoms with E-state index in [2.05, 4.69) is 4.99 Å². The third-order valence-corrected chi connectivity index (χ3v) is 2.87. The summed E-state index contributed by atoms with van der Waals surface area (Å²) in [5.41, 5.74) is 2.28. The number of benzene rings is 1. The summed E-state index contributed by atoms with van der Waals surface area (Å²) in [6.45, 7) is 3.72. The second-order valence-electron chi connectivity index (χ2n) is 4.08. The summed E-state index contributed by atoms with van der Waals surface area (Å²) in [5.74, 6) is 0.569. The molecule has 0 bridgehead atoms. The van der Waals surface area contributed by atoms with Crippen LogP contribution in [0.15, 0.2) is 39.7 Å². The van der Waals surface area contributed by atoms with Crippen LogP contribution in [0.1, 0.15) is 19.0 Å². The standard InChI is InChI=1S/C14H16N2O2/c1-4-12(17)15-14-16(3)10(2)13(18-14)11-8-6-5-7-9-11/h5-9H,4H2,1-3H3. The van der Waals surface area contributed by atoms with Crippen molar-refractivity contribution in [2.75, 3.05) is 0 Å². The largest absolute Gasteiger partial charge is 0.423 e. The molecule has 1 heterocycles. The van der Waals surface area contributed by atoms with E-state index in [1.807, 2.05) is 44.3 Å². The van der Waals surface area contributed by atoms with Crippen LogP contribution >= 0.6 is 0 Å². The van der Waals surface area contributed by atoms with Crippen LogP contribution in [0, 0.1) is 6.92 Å². The van der Waals surface area contributed by atoms with Gasteiger partial charge in [0.05, 0.1) is 5.69 Å². The molecule has 0 radical (unpaired) electrons. The van der Waals surface area contributed by atoms with Gasteiger partial charge in [0.15, 0.2) is 5.76 Å². The maximum absolute atomic E-state index is 11.4. The third-order valence-electron chi connectivity index (χ3n) is 2.87. The first-order valence-corrected chi connectivity index (χ1v) is 5.93. The average Bonchev–Trinajstić information content (AvgIpc) is 2.68. The number of oxazole rings is 1. The molecular formula is C14H16N2O2. The van der Waals surface area contributed by atoms with Crippen molar-refractivity contribution in [1.29, 1.82) is 0 Å². The Balaban J connectivity index is 2.56. The Morgan fingerprint density at radius 2 is 2.00 bits per heavy atom. The van der Waals surface area contributed by atoms with Crippen LogP contribution in [0.5, 0.6) is 0 Å². The Morgan fingerprint density at radius 1 is 1.33 bits per heavy atom. The molecule has 2 aromatic rings. The van der Waals surface area contributed by atoms with Gasteiger partial charge in [0, 0.05) is 19.0 Å². The van der Waals surface area contributed by atoms with E-state index in [4.69, 9.17) is 4.42 Å². The number of hydrogen-bond donors (Lipinski definition) is 0. The molecule has 1 aromatic carbocycles. The number of aromatic nitrogens is 1. The quantitative estimate of drug-likeness (QED) is 0.814. The second-order valence-corrected chi connectivity index (χ2v) is 4.08. The molecule has 0 aliphatic heterocycles. The predicted molar refractivity (Wildman–Crippen MR) is 68.7 cm³/mol. The van der Waals surface area contributed by atoms with Gasteiger partial charge < -0.3 is 4.42 Å². The van der Waals surface area contributed by atoms with Gasteiger partial charge in [0.25, 0.3) is 0 Å². The molecule has 4 heteroatoms. The summed E-state index contributed by atoms with van der Waals surface area (Å²) in [5, 5.41) is 0. The summed E-state index contributed by atoms with van der Waals surface area (Å²) >= 11 is 0. The SMILES string of the molecule is CCC(=O)N=c1oc(-c2ccccc2)c(C)n1C. The lowest BCUT2D eigenvalue weighted by molar-refractivity contribution is -0.117. The van der Waals surface area contributed by atoms with E-state index in [0.29, 0.717) is 12.1 Å². The summed E-state index contributed by atoms with van der Waals surface area (Å²) < 4.78 is 7.47. The van der Waals surface area contributed by atoms with E-state index >= 15 is 0 Å². The van der Waals surface area contributed by atoms with Crippen molar-refractivity contribution in [2.45, 2.75) is 20.3 Å². The van der Waals surface area contributed by atoms with Gasteiger partial charge in [0.2, 0.25) is 5.91 Å². The molecule has 18 heavy (non-hydrogen) atoms. The number of hydrogen-bond acceptors (Lipinski definition) is 2. The fraction of sp³-hybridized carbons (Fsp3) is 0.286. The number of nitrogens with zero attached hydrogens (tertiary/aromatic N) is 2. The minimum Gasteiger partial charge on any atom is -0.423 e. The third kappa shape index (κ3) is 2.27. The zero-order valence-electron chi connectivity index (χ0n) is 10.8. The first-order valence-electron chi connectivity index (χ1n) is 5.93. The summed E-state index contributed by atoms with van der Waals surface area (Å²) in [4.78, 5) is 15.3. The summed E-state index contributed by atoms with van der Waals surface area (Å²) in [7, 11) is 1.84. The molecule has 0 fully saturated rings. The van der Waals surface area contributed by atoms with Crippen molar-refractivity contribution >= 4 is 5.91 Å². The molecule has 1 amide bonds. The number of amides is 1. The number of rotatable bonds is 2. The molecule has 0 spiro atoms. The van der Waals surface area contributed by atoms with Crippen molar-refractivity contribution in [3.8, 4) is 11.3 Å². The van der Waals surface area contributed by atoms with Crippen LogP contribution in [0.3, 0.4) is 0 Å². The van der Waals surface area contributed by atoms with E-state index in [1.54, 1.807) is 11.5 Å². The molecule has 0 atom stereocenters. The molecule has 0 aliphatic rings. The molecular weight excluding hydrogens is 228 g/mol. The Bertz CT molecular complexity index is 621. The van der Waals surface area contributed by atoms with Crippen LogP contribution in [0.4, 0.5) is 0 Å². The zero-order valence-corrected chi connectivity index (χ0v) is 10.8. The van der Waals surface area contributed by atoms with Crippen LogP contribution in [-0.2, 0) is 11.8 Å². The van der Waals surface area contributed by atoms with Crippen LogP contribution in [-0.4, -0.2) is 10.5 Å². The normalized spacial score (nSPS) is 11.8. The first-order chi connectivity index (χ1) is 8.63. The summed E-state index contributed by atoms with van der Waals surface area (Å²) in [6, 6.07) is 9.79. The Labute approximate surface area is 106 Å². The highest BCUT2D eigenvalue weighted by atomic mass is 16.4. The zero-order chi connectivity index (χ0) is 13.1.